The van der Waals surface area contributed by atoms with Crippen molar-refractivity contribution >= 4 is 27.0 Å². The predicted molar refractivity (Wildman–Crippen MR) is 85.8 cm³/mol. The van der Waals surface area contributed by atoms with Crippen LogP contribution in [0.3, 0.4) is 0 Å². The molecule has 2 heterocycles. The summed E-state index contributed by atoms with van der Waals surface area (Å²) in [6.45, 7) is 2.37. The van der Waals surface area contributed by atoms with Gasteiger partial charge in [0.1, 0.15) is 0 Å². The van der Waals surface area contributed by atoms with Gasteiger partial charge in [0.15, 0.2) is 0 Å². The average molecular weight is 322 g/mol. The number of anilines is 1. The summed E-state index contributed by atoms with van der Waals surface area (Å²) in [6, 6.07) is 7.01. The van der Waals surface area contributed by atoms with Crippen LogP contribution in [0.2, 0.25) is 0 Å². The third kappa shape index (κ3) is 2.59. The van der Waals surface area contributed by atoms with Gasteiger partial charge in [-0.25, -0.2) is 8.42 Å². The van der Waals surface area contributed by atoms with E-state index in [9.17, 15) is 8.42 Å². The van der Waals surface area contributed by atoms with Gasteiger partial charge in [-0.1, -0.05) is 6.07 Å². The largest absolute Gasteiger partial charge is 0.399 e. The quantitative estimate of drug-likeness (QED) is 0.883. The number of nitrogens with zero attached hydrogens (tertiary/aromatic N) is 1. The van der Waals surface area contributed by atoms with Crippen LogP contribution in [0.25, 0.3) is 0 Å². The van der Waals surface area contributed by atoms with Gasteiger partial charge < -0.3 is 5.73 Å². The van der Waals surface area contributed by atoms with Gasteiger partial charge in [0.05, 0.1) is 10.9 Å². The van der Waals surface area contributed by atoms with Crippen molar-refractivity contribution in [3.63, 3.8) is 0 Å². The maximum Gasteiger partial charge on any atom is 0.243 e. The van der Waals surface area contributed by atoms with Crippen molar-refractivity contribution in [3.05, 3.63) is 46.2 Å². The van der Waals surface area contributed by atoms with E-state index < -0.39 is 10.0 Å². The molecule has 1 aliphatic rings. The Hall–Kier alpha value is -1.37. The summed E-state index contributed by atoms with van der Waals surface area (Å²) in [5.41, 5.74) is 8.07. The Morgan fingerprint density at radius 2 is 2.14 bits per heavy atom. The smallest absolute Gasteiger partial charge is 0.243 e. The molecule has 0 bridgehead atoms. The third-order valence-corrected chi connectivity index (χ3v) is 6.68. The van der Waals surface area contributed by atoms with Crippen molar-refractivity contribution in [1.82, 2.24) is 4.31 Å². The Morgan fingerprint density at radius 1 is 1.33 bits per heavy atom. The summed E-state index contributed by atoms with van der Waals surface area (Å²) in [6.07, 6.45) is 1.76. The topological polar surface area (TPSA) is 63.4 Å². The normalized spacial score (nSPS) is 20.0. The van der Waals surface area contributed by atoms with Crippen molar-refractivity contribution in [3.8, 4) is 0 Å². The number of benzene rings is 1. The van der Waals surface area contributed by atoms with Crippen LogP contribution in [-0.2, 0) is 10.0 Å². The number of nitrogens with two attached hydrogens (primary N) is 1. The number of sulfonamides is 1. The molecule has 4 nitrogen and oxygen atoms in total. The summed E-state index contributed by atoms with van der Waals surface area (Å²) >= 11 is 1.60. The maximum atomic E-state index is 13.0. The fourth-order valence-corrected chi connectivity index (χ4v) is 5.50. The molecule has 1 saturated heterocycles. The lowest BCUT2D eigenvalue weighted by Crippen LogP contribution is -2.31. The molecule has 0 saturated carbocycles. The minimum absolute atomic E-state index is 0.0536. The third-order valence-electron chi connectivity index (χ3n) is 3.93. The Morgan fingerprint density at radius 3 is 2.86 bits per heavy atom. The molecule has 2 N–H and O–H groups in total. The minimum Gasteiger partial charge on any atom is -0.399 e. The van der Waals surface area contributed by atoms with E-state index in [0.29, 0.717) is 17.1 Å². The van der Waals surface area contributed by atoms with Crippen molar-refractivity contribution in [2.45, 2.75) is 30.7 Å². The van der Waals surface area contributed by atoms with Crippen molar-refractivity contribution in [2.24, 2.45) is 0 Å². The standard InChI is InChI=1S/C15H18N2O2S2/c1-11-4-5-13(16)9-15(11)21(18,19)17-7-2-3-14(17)12-6-8-20-10-12/h4-6,8-10,14H,2-3,7,16H2,1H3. The lowest BCUT2D eigenvalue weighted by molar-refractivity contribution is 0.397. The predicted octanol–water partition coefficient (Wildman–Crippen LogP) is 3.16. The number of nitrogen functional groups attached to an aromatic ring is 1. The molecule has 0 radical (unpaired) electrons. The molecule has 1 aromatic carbocycles. The van der Waals surface area contributed by atoms with Crippen molar-refractivity contribution in [2.75, 3.05) is 12.3 Å². The second kappa shape index (κ2) is 5.44. The molecule has 3 rings (SSSR count). The van der Waals surface area contributed by atoms with Crippen LogP contribution in [0.4, 0.5) is 5.69 Å². The van der Waals surface area contributed by atoms with Gasteiger partial charge in [0, 0.05) is 12.2 Å². The van der Waals surface area contributed by atoms with Gasteiger partial charge in [0.25, 0.3) is 0 Å². The van der Waals surface area contributed by atoms with Gasteiger partial charge in [-0.15, -0.1) is 0 Å². The fraction of sp³-hybridized carbons (Fsp3) is 0.333. The van der Waals surface area contributed by atoms with E-state index >= 15 is 0 Å². The zero-order valence-electron chi connectivity index (χ0n) is 11.8. The first kappa shape index (κ1) is 14.6. The molecule has 6 heteroatoms. The number of aryl methyl sites for hydroxylation is 1. The molecule has 0 aliphatic carbocycles. The van der Waals surface area contributed by atoms with E-state index in [1.807, 2.05) is 23.8 Å². The first-order valence-electron chi connectivity index (χ1n) is 6.90. The average Bonchev–Trinajstić information content (AvgIpc) is 3.10. The van der Waals surface area contributed by atoms with Crippen LogP contribution < -0.4 is 5.73 Å². The minimum atomic E-state index is -3.51. The zero-order chi connectivity index (χ0) is 15.0. The fourth-order valence-electron chi connectivity index (χ4n) is 2.85. The number of rotatable bonds is 3. The molecule has 1 fully saturated rings. The Balaban J connectivity index is 2.03. The molecule has 1 aliphatic heterocycles. The molecule has 2 aromatic rings. The van der Waals surface area contributed by atoms with Gasteiger partial charge in [-0.3, -0.25) is 0 Å². The Labute approximate surface area is 129 Å². The Bertz CT molecular complexity index is 739. The number of hydrogen-bond donors (Lipinski definition) is 1. The van der Waals surface area contributed by atoms with E-state index in [2.05, 4.69) is 0 Å². The van der Waals surface area contributed by atoms with Gasteiger partial charge in [0.2, 0.25) is 10.0 Å². The highest BCUT2D eigenvalue weighted by Crippen LogP contribution is 2.38. The summed E-state index contributed by atoms with van der Waals surface area (Å²) in [5, 5.41) is 4.02. The molecule has 21 heavy (non-hydrogen) atoms. The highest BCUT2D eigenvalue weighted by molar-refractivity contribution is 7.89. The molecule has 0 spiro atoms. The first-order chi connectivity index (χ1) is 10.00. The van der Waals surface area contributed by atoms with Crippen molar-refractivity contribution < 1.29 is 8.42 Å². The van der Waals surface area contributed by atoms with Crippen LogP contribution >= 0.6 is 11.3 Å². The summed E-state index contributed by atoms with van der Waals surface area (Å²) in [4.78, 5) is 0.324. The SMILES string of the molecule is Cc1ccc(N)cc1S(=O)(=O)N1CCCC1c1ccsc1. The van der Waals surface area contributed by atoms with E-state index in [4.69, 9.17) is 5.73 Å². The summed E-state index contributed by atoms with van der Waals surface area (Å²) in [7, 11) is -3.51. The second-order valence-electron chi connectivity index (χ2n) is 5.36. The molecule has 1 atom stereocenters. The lowest BCUT2D eigenvalue weighted by Gasteiger charge is -2.24. The van der Waals surface area contributed by atoms with Gasteiger partial charge in [-0.2, -0.15) is 15.6 Å². The lowest BCUT2D eigenvalue weighted by atomic mass is 10.1. The van der Waals surface area contributed by atoms with Crippen LogP contribution in [-0.4, -0.2) is 19.3 Å². The number of thiophene rings is 1. The van der Waals surface area contributed by atoms with E-state index in [-0.39, 0.29) is 6.04 Å². The van der Waals surface area contributed by atoms with Crippen LogP contribution in [0.1, 0.15) is 30.0 Å². The van der Waals surface area contributed by atoms with Crippen LogP contribution in [0.15, 0.2) is 39.9 Å². The van der Waals surface area contributed by atoms with Gasteiger partial charge >= 0.3 is 0 Å². The number of hydrogen-bond acceptors (Lipinski definition) is 4. The van der Waals surface area contributed by atoms with E-state index in [1.165, 1.54) is 0 Å². The molecule has 1 unspecified atom stereocenters. The maximum absolute atomic E-state index is 13.0. The second-order valence-corrected chi connectivity index (χ2v) is 7.99. The van der Waals surface area contributed by atoms with Crippen molar-refractivity contribution in [1.29, 1.82) is 0 Å². The van der Waals surface area contributed by atoms with Gasteiger partial charge in [-0.05, 0) is 59.9 Å². The monoisotopic (exact) mass is 322 g/mol. The summed E-state index contributed by atoms with van der Waals surface area (Å²) in [5.74, 6) is 0. The van der Waals surface area contributed by atoms with E-state index in [1.54, 1.807) is 33.8 Å². The first-order valence-corrected chi connectivity index (χ1v) is 9.28. The van der Waals surface area contributed by atoms with Crippen LogP contribution in [0.5, 0.6) is 0 Å². The van der Waals surface area contributed by atoms with E-state index in [0.717, 1.165) is 24.0 Å². The molecule has 0 amide bonds. The molecule has 1 aromatic heterocycles. The zero-order valence-corrected chi connectivity index (χ0v) is 13.5. The van der Waals surface area contributed by atoms with Crippen LogP contribution in [0, 0.1) is 6.92 Å². The Kier molecular flexibility index (Phi) is 3.77. The molecular weight excluding hydrogens is 304 g/mol. The summed E-state index contributed by atoms with van der Waals surface area (Å²) < 4.78 is 27.6. The molecule has 112 valence electrons. The highest BCUT2D eigenvalue weighted by Gasteiger charge is 2.37. The highest BCUT2D eigenvalue weighted by atomic mass is 32.2. The molecular formula is C15H18N2O2S2.